The zero-order valence-electron chi connectivity index (χ0n) is 12.7. The minimum Gasteiger partial charge on any atom is -0.496 e. The minimum atomic E-state index is -0.530. The summed E-state index contributed by atoms with van der Waals surface area (Å²) in [7, 11) is 1.43. The Hall–Kier alpha value is -2.70. The molecule has 0 amide bonds. The van der Waals surface area contributed by atoms with Crippen LogP contribution in [0.4, 0.5) is 5.82 Å². The summed E-state index contributed by atoms with van der Waals surface area (Å²) in [6.45, 7) is 3.92. The van der Waals surface area contributed by atoms with Gasteiger partial charge in [0.25, 0.3) is 0 Å². The highest BCUT2D eigenvalue weighted by molar-refractivity contribution is 6.11. The van der Waals surface area contributed by atoms with Gasteiger partial charge in [-0.1, -0.05) is 0 Å². The number of aromatic nitrogens is 1. The molecule has 3 N–H and O–H groups in total. The highest BCUT2D eigenvalue weighted by Crippen LogP contribution is 2.32. The van der Waals surface area contributed by atoms with Crippen LogP contribution in [0.25, 0.3) is 10.9 Å². The summed E-state index contributed by atoms with van der Waals surface area (Å²) < 4.78 is 15.2. The lowest BCUT2D eigenvalue weighted by atomic mass is 10.1. The van der Waals surface area contributed by atoms with Crippen molar-refractivity contribution in [2.75, 3.05) is 26.1 Å². The Balaban J connectivity index is 2.61. The standard InChI is InChI=1S/C15H18N2O5/c1-4-21-14(18)9-6-10-8(7-11(9)20-3)12(13(16)17-10)15(19)22-5-2/h6-7,17H,4-5,16H2,1-3H3. The molecule has 22 heavy (non-hydrogen) atoms. The van der Waals surface area contributed by atoms with E-state index in [2.05, 4.69) is 4.98 Å². The molecule has 0 saturated carbocycles. The van der Waals surface area contributed by atoms with Crippen LogP contribution in [-0.4, -0.2) is 37.2 Å². The first kappa shape index (κ1) is 15.7. The van der Waals surface area contributed by atoms with Crippen LogP contribution in [0.1, 0.15) is 34.6 Å². The smallest absolute Gasteiger partial charge is 0.342 e. The largest absolute Gasteiger partial charge is 0.496 e. The molecule has 0 aliphatic carbocycles. The van der Waals surface area contributed by atoms with E-state index >= 15 is 0 Å². The summed E-state index contributed by atoms with van der Waals surface area (Å²) in [6.07, 6.45) is 0. The maximum absolute atomic E-state index is 12.0. The first-order valence-electron chi connectivity index (χ1n) is 6.86. The van der Waals surface area contributed by atoms with Gasteiger partial charge in [0.15, 0.2) is 0 Å². The van der Waals surface area contributed by atoms with E-state index in [4.69, 9.17) is 19.9 Å². The van der Waals surface area contributed by atoms with Crippen molar-refractivity contribution in [1.29, 1.82) is 0 Å². The third kappa shape index (κ3) is 2.69. The highest BCUT2D eigenvalue weighted by atomic mass is 16.5. The number of aromatic amines is 1. The monoisotopic (exact) mass is 306 g/mol. The van der Waals surface area contributed by atoms with Crippen molar-refractivity contribution in [2.24, 2.45) is 0 Å². The molecule has 0 atom stereocenters. The van der Waals surface area contributed by atoms with Gasteiger partial charge < -0.3 is 24.9 Å². The third-order valence-electron chi connectivity index (χ3n) is 3.12. The molecule has 118 valence electrons. The number of H-pyrrole nitrogens is 1. The number of hydrogen-bond donors (Lipinski definition) is 2. The first-order valence-corrected chi connectivity index (χ1v) is 6.86. The fourth-order valence-electron chi connectivity index (χ4n) is 2.20. The van der Waals surface area contributed by atoms with E-state index < -0.39 is 11.9 Å². The zero-order chi connectivity index (χ0) is 16.3. The van der Waals surface area contributed by atoms with Gasteiger partial charge in [-0.15, -0.1) is 0 Å². The van der Waals surface area contributed by atoms with Crippen LogP contribution in [-0.2, 0) is 9.47 Å². The number of benzene rings is 1. The number of hydrogen-bond acceptors (Lipinski definition) is 6. The van der Waals surface area contributed by atoms with Crippen LogP contribution < -0.4 is 10.5 Å². The molecule has 1 aromatic heterocycles. The number of nitrogen functional groups attached to an aromatic ring is 1. The number of anilines is 1. The summed E-state index contributed by atoms with van der Waals surface area (Å²) in [6, 6.07) is 3.12. The van der Waals surface area contributed by atoms with Crippen molar-refractivity contribution in [3.8, 4) is 5.75 Å². The number of esters is 2. The van der Waals surface area contributed by atoms with E-state index in [0.717, 1.165) is 0 Å². The lowest BCUT2D eigenvalue weighted by molar-refractivity contribution is 0.0517. The molecule has 0 bridgehead atoms. The normalized spacial score (nSPS) is 10.5. The predicted octanol–water partition coefficient (Wildman–Crippen LogP) is 2.11. The van der Waals surface area contributed by atoms with Crippen LogP contribution in [0.5, 0.6) is 5.75 Å². The molecule has 0 fully saturated rings. The first-order chi connectivity index (χ1) is 10.5. The van der Waals surface area contributed by atoms with E-state index in [1.165, 1.54) is 7.11 Å². The maximum atomic E-state index is 12.0. The number of nitrogens with one attached hydrogen (secondary N) is 1. The minimum absolute atomic E-state index is 0.177. The van der Waals surface area contributed by atoms with Gasteiger partial charge in [-0.3, -0.25) is 0 Å². The quantitative estimate of drug-likeness (QED) is 0.820. The number of carbonyl (C=O) groups is 2. The van der Waals surface area contributed by atoms with Crippen molar-refractivity contribution in [2.45, 2.75) is 13.8 Å². The summed E-state index contributed by atoms with van der Waals surface area (Å²) in [5, 5.41) is 0.529. The van der Waals surface area contributed by atoms with Crippen LogP contribution in [0.15, 0.2) is 12.1 Å². The highest BCUT2D eigenvalue weighted by Gasteiger charge is 2.22. The van der Waals surface area contributed by atoms with Gasteiger partial charge in [0.1, 0.15) is 22.7 Å². The molecular weight excluding hydrogens is 288 g/mol. The average molecular weight is 306 g/mol. The second-order valence-corrected chi connectivity index (χ2v) is 4.45. The van der Waals surface area contributed by atoms with E-state index in [0.29, 0.717) is 16.7 Å². The Kier molecular flexibility index (Phi) is 4.55. The summed E-state index contributed by atoms with van der Waals surface area (Å²) >= 11 is 0. The lowest BCUT2D eigenvalue weighted by Crippen LogP contribution is -2.08. The predicted molar refractivity (Wildman–Crippen MR) is 81.2 cm³/mol. The van der Waals surface area contributed by atoms with Gasteiger partial charge in [0, 0.05) is 10.9 Å². The molecule has 1 heterocycles. The number of nitrogens with two attached hydrogens (primary N) is 1. The second kappa shape index (κ2) is 6.38. The Labute approximate surface area is 127 Å². The SMILES string of the molecule is CCOC(=O)c1cc2[nH]c(N)c(C(=O)OCC)c2cc1OC. The van der Waals surface area contributed by atoms with Crippen molar-refractivity contribution in [1.82, 2.24) is 4.98 Å². The zero-order valence-corrected chi connectivity index (χ0v) is 12.7. The third-order valence-corrected chi connectivity index (χ3v) is 3.12. The Morgan fingerprint density at radius 3 is 2.36 bits per heavy atom. The summed E-state index contributed by atoms with van der Waals surface area (Å²) in [5.41, 5.74) is 6.86. The second-order valence-electron chi connectivity index (χ2n) is 4.45. The van der Waals surface area contributed by atoms with E-state index in [1.54, 1.807) is 26.0 Å². The van der Waals surface area contributed by atoms with Gasteiger partial charge >= 0.3 is 11.9 Å². The fourth-order valence-corrected chi connectivity index (χ4v) is 2.20. The molecule has 0 radical (unpaired) electrons. The molecule has 2 rings (SSSR count). The molecule has 0 aliphatic heterocycles. The van der Waals surface area contributed by atoms with Gasteiger partial charge in [-0.25, -0.2) is 9.59 Å². The molecule has 1 aromatic carbocycles. The lowest BCUT2D eigenvalue weighted by Gasteiger charge is -2.08. The molecule has 2 aromatic rings. The Morgan fingerprint density at radius 2 is 1.77 bits per heavy atom. The van der Waals surface area contributed by atoms with Crippen molar-refractivity contribution < 1.29 is 23.8 Å². The van der Waals surface area contributed by atoms with Crippen LogP contribution in [0.2, 0.25) is 0 Å². The number of methoxy groups -OCH3 is 1. The van der Waals surface area contributed by atoms with Crippen LogP contribution >= 0.6 is 0 Å². The number of rotatable bonds is 5. The number of fused-ring (bicyclic) bond motifs is 1. The Bertz CT molecular complexity index is 720. The number of ether oxygens (including phenoxy) is 3. The number of carbonyl (C=O) groups excluding carboxylic acids is 2. The fraction of sp³-hybridized carbons (Fsp3) is 0.333. The van der Waals surface area contributed by atoms with E-state index in [9.17, 15) is 9.59 Å². The van der Waals surface area contributed by atoms with Crippen LogP contribution in [0.3, 0.4) is 0 Å². The summed E-state index contributed by atoms with van der Waals surface area (Å²) in [5.74, 6) is -0.559. The molecule has 0 aliphatic rings. The van der Waals surface area contributed by atoms with Gasteiger partial charge in [-0.2, -0.15) is 0 Å². The molecule has 0 unspecified atom stereocenters. The van der Waals surface area contributed by atoms with E-state index in [-0.39, 0.29) is 30.2 Å². The topological polar surface area (TPSA) is 104 Å². The molecule has 7 heteroatoms. The van der Waals surface area contributed by atoms with Crippen LogP contribution in [0, 0.1) is 0 Å². The summed E-state index contributed by atoms with van der Waals surface area (Å²) in [4.78, 5) is 26.8. The molecule has 0 saturated heterocycles. The van der Waals surface area contributed by atoms with Crippen molar-refractivity contribution >= 4 is 28.7 Å². The van der Waals surface area contributed by atoms with Gasteiger partial charge in [0.05, 0.1) is 20.3 Å². The molecular formula is C15H18N2O5. The molecule has 0 spiro atoms. The Morgan fingerprint density at radius 1 is 1.14 bits per heavy atom. The molecule has 7 nitrogen and oxygen atoms in total. The van der Waals surface area contributed by atoms with Gasteiger partial charge in [-0.05, 0) is 26.0 Å². The van der Waals surface area contributed by atoms with Crippen molar-refractivity contribution in [3.63, 3.8) is 0 Å². The van der Waals surface area contributed by atoms with Gasteiger partial charge in [0.2, 0.25) is 0 Å². The van der Waals surface area contributed by atoms with E-state index in [1.807, 2.05) is 0 Å². The average Bonchev–Trinajstić information content (AvgIpc) is 2.81. The van der Waals surface area contributed by atoms with Crippen molar-refractivity contribution in [3.05, 3.63) is 23.3 Å². The maximum Gasteiger partial charge on any atom is 0.342 e.